The van der Waals surface area contributed by atoms with Gasteiger partial charge in [0.05, 0.1) is 0 Å². The van der Waals surface area contributed by atoms with E-state index in [2.05, 4.69) is 31.0 Å². The first-order valence-corrected chi connectivity index (χ1v) is 5.74. The number of aliphatic hydroxyl groups is 1. The average molecular weight is 200 g/mol. The lowest BCUT2D eigenvalue weighted by Gasteiger charge is -2.27. The smallest absolute Gasteiger partial charge is 0.0446 e. The highest BCUT2D eigenvalue weighted by Gasteiger charge is 2.22. The molecule has 0 amide bonds. The standard InChI is InChI=1S/C11H24N2O/c1-9(2)13-6-4-10(3)12-11(8-13)5-7-14/h9-12,14H,4-8H2,1-3H3. The Morgan fingerprint density at radius 3 is 2.79 bits per heavy atom. The first-order valence-electron chi connectivity index (χ1n) is 5.74. The van der Waals surface area contributed by atoms with Crippen LogP contribution in [0.4, 0.5) is 0 Å². The van der Waals surface area contributed by atoms with Crippen LogP contribution in [0, 0.1) is 0 Å². The van der Waals surface area contributed by atoms with E-state index < -0.39 is 0 Å². The van der Waals surface area contributed by atoms with Crippen LogP contribution in [0.3, 0.4) is 0 Å². The minimum Gasteiger partial charge on any atom is -0.396 e. The predicted molar refractivity (Wildman–Crippen MR) is 59.4 cm³/mol. The van der Waals surface area contributed by atoms with Crippen LogP contribution < -0.4 is 5.32 Å². The van der Waals surface area contributed by atoms with Crippen molar-refractivity contribution in [2.45, 2.75) is 51.7 Å². The van der Waals surface area contributed by atoms with Crippen LogP contribution in [0.2, 0.25) is 0 Å². The summed E-state index contributed by atoms with van der Waals surface area (Å²) in [6, 6.07) is 1.65. The molecule has 2 unspecified atom stereocenters. The van der Waals surface area contributed by atoms with Gasteiger partial charge < -0.3 is 10.4 Å². The topological polar surface area (TPSA) is 35.5 Å². The third kappa shape index (κ3) is 3.56. The highest BCUT2D eigenvalue weighted by Crippen LogP contribution is 2.10. The average Bonchev–Trinajstić information content (AvgIpc) is 2.28. The molecule has 3 nitrogen and oxygen atoms in total. The summed E-state index contributed by atoms with van der Waals surface area (Å²) in [4.78, 5) is 2.50. The third-order valence-corrected chi connectivity index (χ3v) is 3.03. The Balaban J connectivity index is 2.50. The molecule has 1 heterocycles. The van der Waals surface area contributed by atoms with Crippen LogP contribution in [-0.2, 0) is 0 Å². The fraction of sp³-hybridized carbons (Fsp3) is 1.00. The second kappa shape index (κ2) is 5.69. The zero-order chi connectivity index (χ0) is 10.6. The van der Waals surface area contributed by atoms with Gasteiger partial charge in [-0.2, -0.15) is 0 Å². The zero-order valence-electron chi connectivity index (χ0n) is 9.66. The predicted octanol–water partition coefficient (Wildman–Crippen LogP) is 0.830. The largest absolute Gasteiger partial charge is 0.396 e. The molecule has 1 fully saturated rings. The molecule has 0 radical (unpaired) electrons. The Morgan fingerprint density at radius 1 is 1.50 bits per heavy atom. The first-order chi connectivity index (χ1) is 6.63. The molecule has 3 heteroatoms. The molecule has 14 heavy (non-hydrogen) atoms. The van der Waals surface area contributed by atoms with Crippen molar-refractivity contribution < 1.29 is 5.11 Å². The molecule has 84 valence electrons. The van der Waals surface area contributed by atoms with E-state index in [0.29, 0.717) is 18.1 Å². The van der Waals surface area contributed by atoms with Crippen molar-refractivity contribution in [3.8, 4) is 0 Å². The number of hydrogen-bond donors (Lipinski definition) is 2. The van der Waals surface area contributed by atoms with E-state index in [1.54, 1.807) is 0 Å². The van der Waals surface area contributed by atoms with Crippen LogP contribution in [0.15, 0.2) is 0 Å². The third-order valence-electron chi connectivity index (χ3n) is 3.03. The van der Waals surface area contributed by atoms with E-state index in [1.807, 2.05) is 0 Å². The van der Waals surface area contributed by atoms with Gasteiger partial charge in [0, 0.05) is 31.3 Å². The maximum Gasteiger partial charge on any atom is 0.0446 e. The molecule has 0 bridgehead atoms. The van der Waals surface area contributed by atoms with Gasteiger partial charge in [-0.15, -0.1) is 0 Å². The lowest BCUT2D eigenvalue weighted by Crippen LogP contribution is -2.42. The van der Waals surface area contributed by atoms with Crippen molar-refractivity contribution in [3.63, 3.8) is 0 Å². The van der Waals surface area contributed by atoms with Gasteiger partial charge in [-0.3, -0.25) is 4.90 Å². The van der Waals surface area contributed by atoms with Crippen molar-refractivity contribution in [3.05, 3.63) is 0 Å². The zero-order valence-corrected chi connectivity index (χ0v) is 9.66. The summed E-state index contributed by atoms with van der Waals surface area (Å²) in [7, 11) is 0. The van der Waals surface area contributed by atoms with Gasteiger partial charge in [-0.1, -0.05) is 0 Å². The Bertz CT molecular complexity index is 161. The molecular weight excluding hydrogens is 176 g/mol. The van der Waals surface area contributed by atoms with E-state index in [-0.39, 0.29) is 6.61 Å². The molecule has 0 aliphatic carbocycles. The molecule has 1 aliphatic rings. The number of aliphatic hydroxyl groups excluding tert-OH is 1. The molecule has 1 aliphatic heterocycles. The minimum absolute atomic E-state index is 0.288. The monoisotopic (exact) mass is 200 g/mol. The van der Waals surface area contributed by atoms with Crippen molar-refractivity contribution in [2.75, 3.05) is 19.7 Å². The molecule has 2 atom stereocenters. The highest BCUT2D eigenvalue weighted by atomic mass is 16.3. The summed E-state index contributed by atoms with van der Waals surface area (Å²) in [5.74, 6) is 0. The van der Waals surface area contributed by atoms with Crippen LogP contribution in [0.25, 0.3) is 0 Å². The lowest BCUT2D eigenvalue weighted by molar-refractivity contribution is 0.197. The molecule has 1 saturated heterocycles. The van der Waals surface area contributed by atoms with Gasteiger partial charge in [0.15, 0.2) is 0 Å². The Morgan fingerprint density at radius 2 is 2.21 bits per heavy atom. The van der Waals surface area contributed by atoms with E-state index in [1.165, 1.54) is 13.0 Å². The quantitative estimate of drug-likeness (QED) is 0.708. The summed E-state index contributed by atoms with van der Waals surface area (Å²) in [6.45, 7) is 9.25. The van der Waals surface area contributed by atoms with Gasteiger partial charge >= 0.3 is 0 Å². The fourth-order valence-corrected chi connectivity index (χ4v) is 2.07. The fourth-order valence-electron chi connectivity index (χ4n) is 2.07. The molecular formula is C11H24N2O. The molecule has 2 N–H and O–H groups in total. The molecule has 0 aromatic rings. The van der Waals surface area contributed by atoms with E-state index in [0.717, 1.165) is 13.0 Å². The molecule has 0 saturated carbocycles. The summed E-state index contributed by atoms with van der Waals surface area (Å²) in [5.41, 5.74) is 0. The first kappa shape index (κ1) is 12.0. The van der Waals surface area contributed by atoms with Gasteiger partial charge in [0.25, 0.3) is 0 Å². The molecule has 0 aromatic heterocycles. The molecule has 0 aromatic carbocycles. The van der Waals surface area contributed by atoms with Crippen LogP contribution in [0.1, 0.15) is 33.6 Å². The maximum atomic E-state index is 8.96. The van der Waals surface area contributed by atoms with E-state index >= 15 is 0 Å². The second-order valence-corrected chi connectivity index (χ2v) is 4.65. The van der Waals surface area contributed by atoms with Crippen LogP contribution in [-0.4, -0.2) is 47.8 Å². The maximum absolute atomic E-state index is 8.96. The van der Waals surface area contributed by atoms with Crippen LogP contribution >= 0.6 is 0 Å². The number of nitrogens with one attached hydrogen (secondary N) is 1. The van der Waals surface area contributed by atoms with Crippen molar-refractivity contribution in [1.29, 1.82) is 0 Å². The van der Waals surface area contributed by atoms with Gasteiger partial charge in [0.1, 0.15) is 0 Å². The summed E-state index contributed by atoms with van der Waals surface area (Å²) in [6.07, 6.45) is 2.08. The summed E-state index contributed by atoms with van der Waals surface area (Å²) in [5, 5.41) is 12.5. The van der Waals surface area contributed by atoms with Crippen molar-refractivity contribution in [2.24, 2.45) is 0 Å². The van der Waals surface area contributed by atoms with Gasteiger partial charge in [0.2, 0.25) is 0 Å². The summed E-state index contributed by atoms with van der Waals surface area (Å²) >= 11 is 0. The minimum atomic E-state index is 0.288. The number of hydrogen-bond acceptors (Lipinski definition) is 3. The normalized spacial score (nSPS) is 30.6. The van der Waals surface area contributed by atoms with Gasteiger partial charge in [-0.05, 0) is 40.2 Å². The molecule has 0 spiro atoms. The van der Waals surface area contributed by atoms with Crippen LogP contribution in [0.5, 0.6) is 0 Å². The highest BCUT2D eigenvalue weighted by molar-refractivity contribution is 4.81. The lowest BCUT2D eigenvalue weighted by atomic mass is 10.2. The Labute approximate surface area is 87.5 Å². The SMILES string of the molecule is CC1CCN(C(C)C)CC(CCO)N1. The molecule has 1 rings (SSSR count). The van der Waals surface area contributed by atoms with Crippen molar-refractivity contribution in [1.82, 2.24) is 10.2 Å². The van der Waals surface area contributed by atoms with Crippen molar-refractivity contribution >= 4 is 0 Å². The number of nitrogens with zero attached hydrogens (tertiary/aromatic N) is 1. The number of rotatable bonds is 3. The summed E-state index contributed by atoms with van der Waals surface area (Å²) < 4.78 is 0. The Hall–Kier alpha value is -0.120. The van der Waals surface area contributed by atoms with E-state index in [9.17, 15) is 0 Å². The second-order valence-electron chi connectivity index (χ2n) is 4.65. The van der Waals surface area contributed by atoms with Gasteiger partial charge in [-0.25, -0.2) is 0 Å². The Kier molecular flexibility index (Phi) is 4.85. The van der Waals surface area contributed by atoms with E-state index in [4.69, 9.17) is 5.11 Å².